The zero-order valence-electron chi connectivity index (χ0n) is 9.55. The quantitative estimate of drug-likeness (QED) is 0.504. The average molecular weight is 320 g/mol. The highest BCUT2D eigenvalue weighted by atomic mass is 79.9. The minimum Gasteiger partial charge on any atom is -0.471 e. The number of pyridine rings is 1. The maximum atomic E-state index is 11.2. The molecule has 0 aliphatic heterocycles. The smallest absolute Gasteiger partial charge is 0.346 e. The molecule has 0 aliphatic rings. The van der Waals surface area contributed by atoms with Gasteiger partial charge in [-0.25, -0.2) is 9.78 Å². The van der Waals surface area contributed by atoms with E-state index in [9.17, 15) is 14.9 Å². The maximum Gasteiger partial charge on any atom is 0.346 e. The summed E-state index contributed by atoms with van der Waals surface area (Å²) in [5.41, 5.74) is 5.10. The molecule has 1 heterocycles. The summed E-state index contributed by atoms with van der Waals surface area (Å²) in [6, 6.07) is 0. The van der Waals surface area contributed by atoms with Crippen LogP contribution in [0.1, 0.15) is 6.92 Å². The Bertz CT molecular complexity index is 493. The number of nitrogens with zero attached hydrogens (tertiary/aromatic N) is 2. The summed E-state index contributed by atoms with van der Waals surface area (Å²) in [5.74, 6) is -0.801. The van der Waals surface area contributed by atoms with E-state index >= 15 is 0 Å². The Balaban J connectivity index is 3.17. The number of methoxy groups -OCH3 is 1. The van der Waals surface area contributed by atoms with E-state index < -0.39 is 22.7 Å². The van der Waals surface area contributed by atoms with E-state index in [2.05, 4.69) is 25.7 Å². The normalized spacial score (nSPS) is 11.7. The number of carbonyl (C=O) groups excluding carboxylic acids is 1. The van der Waals surface area contributed by atoms with Gasteiger partial charge in [0.05, 0.1) is 12.0 Å². The fraction of sp³-hybridized carbons (Fsp3) is 0.333. The number of ether oxygens (including phenoxy) is 2. The second kappa shape index (κ2) is 5.63. The first-order valence-electron chi connectivity index (χ1n) is 4.71. The molecule has 0 saturated carbocycles. The van der Waals surface area contributed by atoms with E-state index in [1.807, 2.05) is 0 Å². The van der Waals surface area contributed by atoms with E-state index in [4.69, 9.17) is 10.5 Å². The molecule has 2 N–H and O–H groups in total. The Morgan fingerprint density at radius 3 is 2.78 bits per heavy atom. The zero-order chi connectivity index (χ0) is 13.9. The Hall–Kier alpha value is -1.90. The molecule has 0 amide bonds. The number of nitrogens with two attached hydrogens (primary N) is 1. The minimum atomic E-state index is -1.01. The van der Waals surface area contributed by atoms with Crippen molar-refractivity contribution in [2.75, 3.05) is 12.8 Å². The number of nitro groups is 1. The summed E-state index contributed by atoms with van der Waals surface area (Å²) in [6.07, 6.45) is -0.0498. The Kier molecular flexibility index (Phi) is 4.43. The largest absolute Gasteiger partial charge is 0.471 e. The van der Waals surface area contributed by atoms with Crippen molar-refractivity contribution in [2.45, 2.75) is 13.0 Å². The van der Waals surface area contributed by atoms with Gasteiger partial charge in [0.15, 0.2) is 6.10 Å². The molecule has 0 aromatic carbocycles. The average Bonchev–Trinajstić information content (AvgIpc) is 2.33. The monoisotopic (exact) mass is 319 g/mol. The van der Waals surface area contributed by atoms with Gasteiger partial charge in [0.25, 0.3) is 0 Å². The number of hydrogen-bond donors (Lipinski definition) is 1. The van der Waals surface area contributed by atoms with Gasteiger partial charge in [-0.15, -0.1) is 0 Å². The lowest BCUT2D eigenvalue weighted by molar-refractivity contribution is -0.386. The SMILES string of the molecule is COC(=O)C(C)Oc1c([N+](=O)[O-])cnc(N)c1Br. The van der Waals surface area contributed by atoms with E-state index in [0.29, 0.717) is 0 Å². The van der Waals surface area contributed by atoms with Crippen molar-refractivity contribution in [1.29, 1.82) is 0 Å². The predicted molar refractivity (Wildman–Crippen MR) is 65.1 cm³/mol. The highest BCUT2D eigenvalue weighted by Crippen LogP contribution is 2.38. The fourth-order valence-electron chi connectivity index (χ4n) is 1.11. The van der Waals surface area contributed by atoms with Gasteiger partial charge in [-0.1, -0.05) is 0 Å². The van der Waals surface area contributed by atoms with Crippen molar-refractivity contribution in [3.05, 3.63) is 20.8 Å². The molecule has 1 aromatic heterocycles. The van der Waals surface area contributed by atoms with E-state index in [1.54, 1.807) is 0 Å². The van der Waals surface area contributed by atoms with Gasteiger partial charge in [0, 0.05) is 0 Å². The van der Waals surface area contributed by atoms with Crippen LogP contribution in [0, 0.1) is 10.1 Å². The number of halogens is 1. The van der Waals surface area contributed by atoms with E-state index in [-0.39, 0.29) is 16.0 Å². The van der Waals surface area contributed by atoms with Crippen molar-refractivity contribution in [3.8, 4) is 5.75 Å². The molecule has 18 heavy (non-hydrogen) atoms. The summed E-state index contributed by atoms with van der Waals surface area (Å²) in [5, 5.41) is 10.8. The standard InChI is InChI=1S/C9H10BrN3O5/c1-4(9(14)17-2)18-7-5(13(15)16)3-12-8(11)6(7)10/h3-4H,1-2H3,(H2,11,12). The summed E-state index contributed by atoms with van der Waals surface area (Å²) < 4.78 is 9.76. The maximum absolute atomic E-state index is 11.2. The first kappa shape index (κ1) is 14.2. The molecule has 1 unspecified atom stereocenters. The molecule has 8 nitrogen and oxygen atoms in total. The Labute approximate surface area is 110 Å². The molecular weight excluding hydrogens is 310 g/mol. The van der Waals surface area contributed by atoms with E-state index in [1.165, 1.54) is 14.0 Å². The van der Waals surface area contributed by atoms with E-state index in [0.717, 1.165) is 6.20 Å². The predicted octanol–water partition coefficient (Wildman–Crippen LogP) is 1.27. The lowest BCUT2D eigenvalue weighted by atomic mass is 10.3. The van der Waals surface area contributed by atoms with Gasteiger partial charge < -0.3 is 15.2 Å². The van der Waals surface area contributed by atoms with Crippen LogP contribution >= 0.6 is 15.9 Å². The molecular formula is C9H10BrN3O5. The van der Waals surface area contributed by atoms with Gasteiger partial charge in [0.1, 0.15) is 16.5 Å². The van der Waals surface area contributed by atoms with Crippen LogP contribution in [-0.4, -0.2) is 29.1 Å². The molecule has 9 heteroatoms. The van der Waals surface area contributed by atoms with Crippen molar-refractivity contribution in [2.24, 2.45) is 0 Å². The lowest BCUT2D eigenvalue weighted by Crippen LogP contribution is -2.25. The molecule has 0 bridgehead atoms. The number of aromatic nitrogens is 1. The lowest BCUT2D eigenvalue weighted by Gasteiger charge is -2.14. The van der Waals surface area contributed by atoms with Crippen LogP contribution in [0.5, 0.6) is 5.75 Å². The molecule has 1 atom stereocenters. The van der Waals surface area contributed by atoms with Crippen LogP contribution in [0.25, 0.3) is 0 Å². The molecule has 0 fully saturated rings. The number of carbonyl (C=O) groups is 1. The Morgan fingerprint density at radius 1 is 1.67 bits per heavy atom. The van der Waals surface area contributed by atoms with Gasteiger partial charge in [-0.05, 0) is 22.9 Å². The van der Waals surface area contributed by atoms with Crippen LogP contribution in [-0.2, 0) is 9.53 Å². The molecule has 0 radical (unpaired) electrons. The van der Waals surface area contributed by atoms with Gasteiger partial charge in [0.2, 0.25) is 5.75 Å². The summed E-state index contributed by atoms with van der Waals surface area (Å²) in [7, 11) is 1.19. The molecule has 98 valence electrons. The summed E-state index contributed by atoms with van der Waals surface area (Å²) in [6.45, 7) is 1.40. The minimum absolute atomic E-state index is 0.0210. The zero-order valence-corrected chi connectivity index (χ0v) is 11.1. The van der Waals surface area contributed by atoms with Crippen LogP contribution in [0.2, 0.25) is 0 Å². The highest BCUT2D eigenvalue weighted by Gasteiger charge is 2.26. The second-order valence-corrected chi connectivity index (χ2v) is 4.01. The van der Waals surface area contributed by atoms with Crippen LogP contribution in [0.4, 0.5) is 11.5 Å². The molecule has 1 aromatic rings. The molecule has 0 saturated heterocycles. The summed E-state index contributed by atoms with van der Waals surface area (Å²) >= 11 is 3.03. The van der Waals surface area contributed by atoms with Crippen molar-refractivity contribution in [3.63, 3.8) is 0 Å². The van der Waals surface area contributed by atoms with Crippen LogP contribution in [0.15, 0.2) is 10.7 Å². The van der Waals surface area contributed by atoms with Crippen molar-refractivity contribution >= 4 is 33.4 Å². The number of nitrogen functional groups attached to an aromatic ring is 1. The second-order valence-electron chi connectivity index (χ2n) is 3.21. The first-order chi connectivity index (χ1) is 8.38. The number of rotatable bonds is 4. The molecule has 0 aliphatic carbocycles. The fourth-order valence-corrected chi connectivity index (χ4v) is 1.51. The van der Waals surface area contributed by atoms with Crippen LogP contribution < -0.4 is 10.5 Å². The van der Waals surface area contributed by atoms with Gasteiger partial charge >= 0.3 is 11.7 Å². The molecule has 0 spiro atoms. The topological polar surface area (TPSA) is 118 Å². The Morgan fingerprint density at radius 2 is 2.28 bits per heavy atom. The third-order valence-corrected chi connectivity index (χ3v) is 2.77. The van der Waals surface area contributed by atoms with Crippen LogP contribution in [0.3, 0.4) is 0 Å². The number of hydrogen-bond acceptors (Lipinski definition) is 7. The highest BCUT2D eigenvalue weighted by molar-refractivity contribution is 9.10. The summed E-state index contributed by atoms with van der Waals surface area (Å²) in [4.78, 5) is 25.0. The number of anilines is 1. The van der Waals surface area contributed by atoms with Crippen molar-refractivity contribution < 1.29 is 19.2 Å². The third-order valence-electron chi connectivity index (χ3n) is 2.01. The van der Waals surface area contributed by atoms with Gasteiger partial charge in [-0.3, -0.25) is 10.1 Å². The van der Waals surface area contributed by atoms with Crippen molar-refractivity contribution in [1.82, 2.24) is 4.98 Å². The molecule has 1 rings (SSSR count). The number of esters is 1. The third kappa shape index (κ3) is 2.86. The van der Waals surface area contributed by atoms with Gasteiger partial charge in [-0.2, -0.15) is 0 Å². The first-order valence-corrected chi connectivity index (χ1v) is 5.50.